The summed E-state index contributed by atoms with van der Waals surface area (Å²) in [5, 5.41) is 0. The number of nitrogens with zero attached hydrogens (tertiary/aromatic N) is 1. The summed E-state index contributed by atoms with van der Waals surface area (Å²) in [4.78, 5) is 24.1. The molecule has 0 unspecified atom stereocenters. The van der Waals surface area contributed by atoms with Crippen LogP contribution in [0.15, 0.2) is 89.4 Å². The number of likely N-dealkylation sites (tertiary alicyclic amines) is 1. The summed E-state index contributed by atoms with van der Waals surface area (Å²) in [6.07, 6.45) is 1.77. The van der Waals surface area contributed by atoms with Gasteiger partial charge in [-0.1, -0.05) is 88.7 Å². The van der Waals surface area contributed by atoms with Crippen LogP contribution in [0.25, 0.3) is 0 Å². The molecule has 0 saturated carbocycles. The number of amides is 1. The molecular weight excluding hydrogens is 518 g/mol. The lowest BCUT2D eigenvalue weighted by atomic mass is 9.90. The summed E-state index contributed by atoms with van der Waals surface area (Å²) in [6.45, 7) is 2.10. The molecule has 0 bridgehead atoms. The lowest BCUT2D eigenvalue weighted by molar-refractivity contribution is 0.0870. The number of benzene rings is 3. The standard InChI is InChI=1S/C19H20BrNO2.C8H7ClO2/c20-18-8-6-16(7-9-18)17-10-12-21(13-11-17)19(22)23-14-15-4-2-1-3-5-15;9-8(10)11-6-7-4-2-1-3-5-7/h1-9,17H,10-14H2;1-5H,6H2. The largest absolute Gasteiger partial charge is 0.449 e. The minimum atomic E-state index is -0.770. The molecule has 1 fully saturated rings. The second kappa shape index (κ2) is 13.8. The van der Waals surface area contributed by atoms with Gasteiger partial charge < -0.3 is 14.4 Å². The van der Waals surface area contributed by atoms with Gasteiger partial charge in [-0.05, 0) is 47.6 Å². The van der Waals surface area contributed by atoms with Crippen molar-refractivity contribution < 1.29 is 19.1 Å². The molecule has 0 N–H and O–H groups in total. The van der Waals surface area contributed by atoms with Crippen LogP contribution >= 0.6 is 27.5 Å². The number of piperidine rings is 1. The quantitative estimate of drug-likeness (QED) is 0.312. The first kappa shape index (κ1) is 25.8. The van der Waals surface area contributed by atoms with Crippen LogP contribution in [0, 0.1) is 0 Å². The Morgan fingerprint density at radius 1 is 0.794 bits per heavy atom. The molecular formula is C27H27BrClNO4. The number of rotatable bonds is 5. The highest BCUT2D eigenvalue weighted by Gasteiger charge is 2.24. The molecule has 1 saturated heterocycles. The minimum absolute atomic E-state index is 0.205. The van der Waals surface area contributed by atoms with Gasteiger partial charge in [-0.25, -0.2) is 9.59 Å². The van der Waals surface area contributed by atoms with E-state index in [4.69, 9.17) is 16.3 Å². The first-order valence-electron chi connectivity index (χ1n) is 11.1. The Morgan fingerprint density at radius 2 is 1.29 bits per heavy atom. The Labute approximate surface area is 213 Å². The van der Waals surface area contributed by atoms with Gasteiger partial charge >= 0.3 is 11.5 Å². The molecule has 0 atom stereocenters. The molecule has 1 aliphatic heterocycles. The summed E-state index contributed by atoms with van der Waals surface area (Å²) in [5.74, 6) is 0.529. The summed E-state index contributed by atoms with van der Waals surface area (Å²) in [6, 6.07) is 27.6. The third-order valence-corrected chi connectivity index (χ3v) is 6.13. The molecule has 34 heavy (non-hydrogen) atoms. The molecule has 0 aromatic heterocycles. The van der Waals surface area contributed by atoms with Gasteiger partial charge in [0.1, 0.15) is 13.2 Å². The minimum Gasteiger partial charge on any atom is -0.449 e. The zero-order chi connectivity index (χ0) is 24.2. The number of halogens is 2. The van der Waals surface area contributed by atoms with Crippen molar-refractivity contribution in [1.82, 2.24) is 4.90 Å². The third-order valence-electron chi connectivity index (χ3n) is 5.49. The predicted octanol–water partition coefficient (Wildman–Crippen LogP) is 7.53. The maximum atomic E-state index is 12.2. The fourth-order valence-electron chi connectivity index (χ4n) is 3.66. The van der Waals surface area contributed by atoms with E-state index < -0.39 is 5.43 Å². The van der Waals surface area contributed by atoms with Crippen LogP contribution in [0.5, 0.6) is 0 Å². The number of carbonyl (C=O) groups is 2. The molecule has 1 heterocycles. The van der Waals surface area contributed by atoms with Crippen molar-refractivity contribution in [2.24, 2.45) is 0 Å². The van der Waals surface area contributed by atoms with Crippen molar-refractivity contribution in [3.05, 3.63) is 106 Å². The Bertz CT molecular complexity index is 1020. The molecule has 1 amide bonds. The van der Waals surface area contributed by atoms with Crippen molar-refractivity contribution in [3.8, 4) is 0 Å². The van der Waals surface area contributed by atoms with E-state index in [1.807, 2.05) is 65.6 Å². The summed E-state index contributed by atoms with van der Waals surface area (Å²) >= 11 is 8.43. The van der Waals surface area contributed by atoms with Crippen molar-refractivity contribution in [3.63, 3.8) is 0 Å². The highest BCUT2D eigenvalue weighted by Crippen LogP contribution is 2.29. The van der Waals surface area contributed by atoms with Gasteiger partial charge in [0.05, 0.1) is 0 Å². The Morgan fingerprint density at radius 3 is 1.79 bits per heavy atom. The lowest BCUT2D eigenvalue weighted by Gasteiger charge is -2.31. The van der Waals surface area contributed by atoms with E-state index >= 15 is 0 Å². The third kappa shape index (κ3) is 8.84. The molecule has 5 nitrogen and oxygen atoms in total. The number of hydrogen-bond donors (Lipinski definition) is 0. The molecule has 0 radical (unpaired) electrons. The van der Waals surface area contributed by atoms with Gasteiger partial charge in [0.2, 0.25) is 0 Å². The lowest BCUT2D eigenvalue weighted by Crippen LogP contribution is -2.38. The Balaban J connectivity index is 0.000000248. The molecule has 3 aromatic carbocycles. The maximum absolute atomic E-state index is 12.2. The SMILES string of the molecule is O=C(Cl)OCc1ccccc1.O=C(OCc1ccccc1)N1CCC(c2ccc(Br)cc2)CC1. The van der Waals surface area contributed by atoms with Gasteiger partial charge in [0, 0.05) is 29.2 Å². The fraction of sp³-hybridized carbons (Fsp3) is 0.259. The van der Waals surface area contributed by atoms with Crippen LogP contribution in [0.1, 0.15) is 35.4 Å². The van der Waals surface area contributed by atoms with Crippen molar-refractivity contribution in [2.45, 2.75) is 32.0 Å². The van der Waals surface area contributed by atoms with Crippen molar-refractivity contribution in [1.29, 1.82) is 0 Å². The smallest absolute Gasteiger partial charge is 0.410 e. The topological polar surface area (TPSA) is 55.8 Å². The molecule has 0 spiro atoms. The molecule has 1 aliphatic rings. The average Bonchev–Trinajstić information content (AvgIpc) is 2.88. The second-order valence-electron chi connectivity index (χ2n) is 7.86. The zero-order valence-electron chi connectivity index (χ0n) is 18.7. The monoisotopic (exact) mass is 543 g/mol. The van der Waals surface area contributed by atoms with E-state index in [9.17, 15) is 9.59 Å². The second-order valence-corrected chi connectivity index (χ2v) is 9.09. The Kier molecular flexibility index (Phi) is 10.4. The van der Waals surface area contributed by atoms with Gasteiger partial charge in [-0.3, -0.25) is 0 Å². The molecule has 4 rings (SSSR count). The first-order chi connectivity index (χ1) is 16.5. The summed E-state index contributed by atoms with van der Waals surface area (Å²) in [7, 11) is 0. The highest BCUT2D eigenvalue weighted by molar-refractivity contribution is 9.10. The van der Waals surface area contributed by atoms with Crippen LogP contribution in [-0.2, 0) is 22.7 Å². The average molecular weight is 545 g/mol. The molecule has 3 aromatic rings. The van der Waals surface area contributed by atoms with E-state index in [0.29, 0.717) is 12.5 Å². The van der Waals surface area contributed by atoms with Crippen molar-refractivity contribution in [2.75, 3.05) is 13.1 Å². The van der Waals surface area contributed by atoms with E-state index in [-0.39, 0.29) is 12.7 Å². The highest BCUT2D eigenvalue weighted by atomic mass is 79.9. The van der Waals surface area contributed by atoms with Crippen LogP contribution < -0.4 is 0 Å². The predicted molar refractivity (Wildman–Crippen MR) is 137 cm³/mol. The van der Waals surface area contributed by atoms with Gasteiger partial charge in [-0.15, -0.1) is 0 Å². The van der Waals surface area contributed by atoms with Crippen LogP contribution in [0.4, 0.5) is 9.59 Å². The summed E-state index contributed by atoms with van der Waals surface area (Å²) < 4.78 is 11.1. The zero-order valence-corrected chi connectivity index (χ0v) is 21.1. The first-order valence-corrected chi connectivity index (χ1v) is 12.3. The normalized spacial score (nSPS) is 13.4. The number of carbonyl (C=O) groups excluding carboxylic acids is 2. The fourth-order valence-corrected chi connectivity index (χ4v) is 3.97. The van der Waals surface area contributed by atoms with E-state index in [1.54, 1.807) is 0 Å². The molecule has 7 heteroatoms. The van der Waals surface area contributed by atoms with Crippen molar-refractivity contribution >= 4 is 39.1 Å². The Hall–Kier alpha value is -2.83. The van der Waals surface area contributed by atoms with Crippen LogP contribution in [0.3, 0.4) is 0 Å². The van der Waals surface area contributed by atoms with Crippen LogP contribution in [0.2, 0.25) is 0 Å². The maximum Gasteiger partial charge on any atom is 0.410 e. The number of hydrogen-bond acceptors (Lipinski definition) is 4. The van der Waals surface area contributed by atoms with Crippen LogP contribution in [-0.4, -0.2) is 29.5 Å². The van der Waals surface area contributed by atoms with Gasteiger partial charge in [-0.2, -0.15) is 0 Å². The molecule has 0 aliphatic carbocycles. The summed E-state index contributed by atoms with van der Waals surface area (Å²) in [5.41, 5.74) is 2.53. The van der Waals surface area contributed by atoms with Gasteiger partial charge in [0.15, 0.2) is 0 Å². The van der Waals surface area contributed by atoms with E-state index in [0.717, 1.165) is 41.5 Å². The molecule has 178 valence electrons. The van der Waals surface area contributed by atoms with E-state index in [2.05, 4.69) is 44.9 Å². The number of ether oxygens (including phenoxy) is 2. The van der Waals surface area contributed by atoms with Gasteiger partial charge in [0.25, 0.3) is 0 Å². The van der Waals surface area contributed by atoms with E-state index in [1.165, 1.54) is 5.56 Å².